The quantitative estimate of drug-likeness (QED) is 0.706. The number of carbonyl (C=O) groups is 1. The van der Waals surface area contributed by atoms with E-state index in [2.05, 4.69) is 5.32 Å². The monoisotopic (exact) mass is 456 g/mol. The molecule has 1 aliphatic heterocycles. The van der Waals surface area contributed by atoms with Crippen LogP contribution in [0.4, 0.5) is 5.69 Å². The van der Waals surface area contributed by atoms with Crippen LogP contribution in [0.25, 0.3) is 0 Å². The molecule has 1 amide bonds. The zero-order valence-corrected chi connectivity index (χ0v) is 18.2. The summed E-state index contributed by atoms with van der Waals surface area (Å²) < 4.78 is 32.5. The number of carbonyl (C=O) groups excluding carboxylic acids is 1. The van der Waals surface area contributed by atoms with Gasteiger partial charge in [-0.3, -0.25) is 4.79 Å². The number of ether oxygens (including phenoxy) is 1. The lowest BCUT2D eigenvalue weighted by Gasteiger charge is -2.31. The summed E-state index contributed by atoms with van der Waals surface area (Å²) >= 11 is 12.3. The van der Waals surface area contributed by atoms with E-state index in [-0.39, 0.29) is 18.2 Å². The maximum absolute atomic E-state index is 12.9. The molecular weight excluding hydrogens is 435 g/mol. The third kappa shape index (κ3) is 5.22. The van der Waals surface area contributed by atoms with Gasteiger partial charge in [-0.2, -0.15) is 0 Å². The minimum Gasteiger partial charge on any atom is -0.495 e. The number of rotatable bonds is 6. The fraction of sp³-hybridized carbons (Fsp3) is 0.350. The van der Waals surface area contributed by atoms with Crippen molar-refractivity contribution >= 4 is 44.8 Å². The number of hydrogen-bond donors (Lipinski definition) is 1. The molecule has 9 heteroatoms. The van der Waals surface area contributed by atoms with Crippen molar-refractivity contribution in [2.75, 3.05) is 25.5 Å². The van der Waals surface area contributed by atoms with Crippen LogP contribution in [-0.2, 0) is 20.6 Å². The maximum atomic E-state index is 12.9. The second-order valence-corrected chi connectivity index (χ2v) is 9.63. The molecule has 2 aromatic carbocycles. The summed E-state index contributed by atoms with van der Waals surface area (Å²) in [5.41, 5.74) is 0.930. The topological polar surface area (TPSA) is 75.7 Å². The molecule has 0 aliphatic carbocycles. The highest BCUT2D eigenvalue weighted by Gasteiger charge is 2.33. The first-order chi connectivity index (χ1) is 13.8. The Kier molecular flexibility index (Phi) is 7.05. The van der Waals surface area contributed by atoms with Gasteiger partial charge in [-0.1, -0.05) is 41.4 Å². The number of halogens is 2. The van der Waals surface area contributed by atoms with Crippen LogP contribution < -0.4 is 10.1 Å². The number of methoxy groups -OCH3 is 1. The molecular formula is C20H22Cl2N2O4S. The largest absolute Gasteiger partial charge is 0.495 e. The Labute approximate surface area is 180 Å². The molecule has 3 rings (SSSR count). The van der Waals surface area contributed by atoms with Gasteiger partial charge in [0.05, 0.1) is 24.5 Å². The summed E-state index contributed by atoms with van der Waals surface area (Å²) in [5, 5.41) is 3.46. The molecule has 0 aromatic heterocycles. The summed E-state index contributed by atoms with van der Waals surface area (Å²) in [6.45, 7) is 0.480. The van der Waals surface area contributed by atoms with E-state index >= 15 is 0 Å². The van der Waals surface area contributed by atoms with E-state index in [4.69, 9.17) is 27.9 Å². The Morgan fingerprint density at radius 2 is 1.86 bits per heavy atom. The summed E-state index contributed by atoms with van der Waals surface area (Å²) in [7, 11) is -2.15. The van der Waals surface area contributed by atoms with Gasteiger partial charge in [0.1, 0.15) is 5.75 Å². The van der Waals surface area contributed by atoms with Gasteiger partial charge in [0.2, 0.25) is 15.9 Å². The lowest BCUT2D eigenvalue weighted by Crippen LogP contribution is -2.44. The van der Waals surface area contributed by atoms with Crippen LogP contribution in [0.3, 0.4) is 0 Å². The number of hydrogen-bond acceptors (Lipinski definition) is 4. The zero-order valence-electron chi connectivity index (χ0n) is 15.9. The first-order valence-electron chi connectivity index (χ1n) is 9.16. The van der Waals surface area contributed by atoms with Gasteiger partial charge in [0.25, 0.3) is 0 Å². The number of benzene rings is 2. The Morgan fingerprint density at radius 1 is 1.17 bits per heavy atom. The number of amides is 1. The molecule has 0 spiro atoms. The summed E-state index contributed by atoms with van der Waals surface area (Å²) in [6.07, 6.45) is 1.21. The predicted octanol–water partition coefficient (Wildman–Crippen LogP) is 4.18. The SMILES string of the molecule is COc1ccccc1NC(=O)C1CCCN(S(=O)(=O)Cc2c(Cl)cccc2Cl)C1. The van der Waals surface area contributed by atoms with E-state index in [1.165, 1.54) is 11.4 Å². The predicted molar refractivity (Wildman–Crippen MR) is 115 cm³/mol. The molecule has 1 unspecified atom stereocenters. The van der Waals surface area contributed by atoms with E-state index in [1.807, 2.05) is 6.07 Å². The first kappa shape index (κ1) is 21.9. The van der Waals surface area contributed by atoms with Crippen molar-refractivity contribution in [2.45, 2.75) is 18.6 Å². The van der Waals surface area contributed by atoms with Crippen LogP contribution >= 0.6 is 23.2 Å². The van der Waals surface area contributed by atoms with Crippen molar-refractivity contribution in [3.05, 3.63) is 58.1 Å². The van der Waals surface area contributed by atoms with Crippen LogP contribution in [-0.4, -0.2) is 38.8 Å². The van der Waals surface area contributed by atoms with Gasteiger partial charge in [-0.15, -0.1) is 0 Å². The molecule has 6 nitrogen and oxygen atoms in total. The highest BCUT2D eigenvalue weighted by atomic mass is 35.5. The third-order valence-electron chi connectivity index (χ3n) is 4.90. The average Bonchev–Trinajstić information content (AvgIpc) is 2.71. The van der Waals surface area contributed by atoms with Gasteiger partial charge < -0.3 is 10.1 Å². The van der Waals surface area contributed by atoms with Crippen LogP contribution in [0.15, 0.2) is 42.5 Å². The Hall–Kier alpha value is -1.80. The van der Waals surface area contributed by atoms with E-state index in [9.17, 15) is 13.2 Å². The number of nitrogens with zero attached hydrogens (tertiary/aromatic N) is 1. The van der Waals surface area contributed by atoms with Crippen LogP contribution in [0.2, 0.25) is 10.0 Å². The van der Waals surface area contributed by atoms with Gasteiger partial charge in [-0.05, 0) is 37.1 Å². The molecule has 156 valence electrons. The van der Waals surface area contributed by atoms with Gasteiger partial charge in [0, 0.05) is 28.7 Å². The molecule has 1 atom stereocenters. The van der Waals surface area contributed by atoms with Gasteiger partial charge in [-0.25, -0.2) is 12.7 Å². The molecule has 2 aromatic rings. The molecule has 0 saturated carbocycles. The van der Waals surface area contributed by atoms with Crippen molar-refractivity contribution < 1.29 is 17.9 Å². The van der Waals surface area contributed by atoms with Crippen molar-refractivity contribution in [2.24, 2.45) is 5.92 Å². The Balaban J connectivity index is 1.72. The van der Waals surface area contributed by atoms with Crippen LogP contribution in [0.1, 0.15) is 18.4 Å². The smallest absolute Gasteiger partial charge is 0.228 e. The fourth-order valence-corrected chi connectivity index (χ4v) is 5.70. The van der Waals surface area contributed by atoms with Crippen molar-refractivity contribution in [3.63, 3.8) is 0 Å². The average molecular weight is 457 g/mol. The third-order valence-corrected chi connectivity index (χ3v) is 7.38. The van der Waals surface area contributed by atoms with Crippen LogP contribution in [0, 0.1) is 5.92 Å². The number of para-hydroxylation sites is 2. The van der Waals surface area contributed by atoms with Crippen molar-refractivity contribution in [1.29, 1.82) is 0 Å². The molecule has 0 bridgehead atoms. The standard InChI is InChI=1S/C20H22Cl2N2O4S/c1-28-19-10-3-2-9-18(19)23-20(25)14-6-5-11-24(12-14)29(26,27)13-15-16(21)7-4-8-17(15)22/h2-4,7-10,14H,5-6,11-13H2,1H3,(H,23,25). The molecule has 29 heavy (non-hydrogen) atoms. The van der Waals surface area contributed by atoms with Gasteiger partial charge in [0.15, 0.2) is 0 Å². The van der Waals surface area contributed by atoms with E-state index in [0.29, 0.717) is 46.4 Å². The van der Waals surface area contributed by atoms with E-state index in [0.717, 1.165) is 0 Å². The minimum atomic E-state index is -3.67. The highest BCUT2D eigenvalue weighted by molar-refractivity contribution is 7.88. The first-order valence-corrected chi connectivity index (χ1v) is 11.5. The molecule has 1 saturated heterocycles. The van der Waals surface area contributed by atoms with Crippen molar-refractivity contribution in [3.8, 4) is 5.75 Å². The molecule has 1 fully saturated rings. The lowest BCUT2D eigenvalue weighted by molar-refractivity contribution is -0.120. The molecule has 1 aliphatic rings. The number of nitrogens with one attached hydrogen (secondary N) is 1. The number of anilines is 1. The second kappa shape index (κ2) is 9.34. The highest BCUT2D eigenvalue weighted by Crippen LogP contribution is 2.30. The second-order valence-electron chi connectivity index (χ2n) is 6.84. The molecule has 1 heterocycles. The summed E-state index contributed by atoms with van der Waals surface area (Å²) in [6, 6.07) is 12.0. The maximum Gasteiger partial charge on any atom is 0.228 e. The Morgan fingerprint density at radius 3 is 2.55 bits per heavy atom. The van der Waals surface area contributed by atoms with Crippen molar-refractivity contribution in [1.82, 2.24) is 4.31 Å². The number of sulfonamides is 1. The zero-order chi connectivity index (χ0) is 21.0. The van der Waals surface area contributed by atoms with E-state index in [1.54, 1.807) is 36.4 Å². The van der Waals surface area contributed by atoms with E-state index < -0.39 is 15.9 Å². The fourth-order valence-electron chi connectivity index (χ4n) is 3.34. The Bertz CT molecular complexity index is 977. The molecule has 0 radical (unpaired) electrons. The normalized spacial score (nSPS) is 17.7. The van der Waals surface area contributed by atoms with Crippen LogP contribution in [0.5, 0.6) is 5.75 Å². The van der Waals surface area contributed by atoms with Gasteiger partial charge >= 0.3 is 0 Å². The summed E-state index contributed by atoms with van der Waals surface area (Å²) in [4.78, 5) is 12.7. The molecule has 1 N–H and O–H groups in total. The lowest BCUT2D eigenvalue weighted by atomic mass is 9.98. The number of piperidine rings is 1. The summed E-state index contributed by atoms with van der Waals surface area (Å²) in [5.74, 6) is -0.434. The minimum absolute atomic E-state index is 0.116.